The van der Waals surface area contributed by atoms with E-state index < -0.39 is 36.3 Å². The summed E-state index contributed by atoms with van der Waals surface area (Å²) in [6.07, 6.45) is -2.42. The molecule has 0 spiro atoms. The number of aromatic nitrogens is 2. The molecule has 186 valence electrons. The highest BCUT2D eigenvalue weighted by atomic mass is 19.4. The van der Waals surface area contributed by atoms with E-state index in [-0.39, 0.29) is 11.7 Å². The van der Waals surface area contributed by atoms with Gasteiger partial charge in [-0.15, -0.1) is 0 Å². The van der Waals surface area contributed by atoms with Crippen molar-refractivity contribution in [2.24, 2.45) is 0 Å². The average molecular weight is 493 g/mol. The van der Waals surface area contributed by atoms with E-state index in [1.165, 1.54) is 10.5 Å². The highest BCUT2D eigenvalue weighted by Gasteiger charge is 2.48. The van der Waals surface area contributed by atoms with E-state index in [0.717, 1.165) is 16.7 Å². The number of benzene rings is 1. The highest BCUT2D eigenvalue weighted by molar-refractivity contribution is 5.75. The number of pyridine rings is 1. The molecule has 35 heavy (non-hydrogen) atoms. The number of carbonyl (C=O) groups is 1. The molecular weight excluding hydrogens is 469 g/mol. The van der Waals surface area contributed by atoms with Gasteiger partial charge in [-0.25, -0.2) is 18.6 Å². The number of amides is 2. The number of halogens is 5. The van der Waals surface area contributed by atoms with Gasteiger partial charge in [0.15, 0.2) is 5.69 Å². The molecular formula is C24H24F5N5O. The van der Waals surface area contributed by atoms with Gasteiger partial charge < -0.3 is 15.1 Å². The maximum atomic E-state index is 13.2. The lowest BCUT2D eigenvalue weighted by Crippen LogP contribution is -2.62. The van der Waals surface area contributed by atoms with Crippen molar-refractivity contribution >= 4 is 17.5 Å². The van der Waals surface area contributed by atoms with Crippen molar-refractivity contribution in [2.45, 2.75) is 30.4 Å². The van der Waals surface area contributed by atoms with Crippen molar-refractivity contribution in [1.29, 1.82) is 0 Å². The summed E-state index contributed by atoms with van der Waals surface area (Å²) in [6, 6.07) is 14.2. The minimum absolute atomic E-state index is 0.183. The zero-order valence-electron chi connectivity index (χ0n) is 18.7. The molecule has 11 heteroatoms. The Kier molecular flexibility index (Phi) is 5.60. The molecule has 0 bridgehead atoms. The van der Waals surface area contributed by atoms with Crippen molar-refractivity contribution in [3.8, 4) is 0 Å². The Morgan fingerprint density at radius 3 is 2.29 bits per heavy atom. The molecule has 0 atom stereocenters. The van der Waals surface area contributed by atoms with Gasteiger partial charge in [-0.1, -0.05) is 36.4 Å². The molecule has 1 aromatic carbocycles. The summed E-state index contributed by atoms with van der Waals surface area (Å²) in [6.45, 7) is 0.0977. The molecule has 0 saturated carbocycles. The molecule has 0 radical (unpaired) electrons. The number of alkyl halides is 5. The molecule has 3 aromatic rings. The van der Waals surface area contributed by atoms with Gasteiger partial charge >= 0.3 is 12.2 Å². The lowest BCUT2D eigenvalue weighted by Gasteiger charge is -2.46. The number of imidazole rings is 1. The van der Waals surface area contributed by atoms with Gasteiger partial charge in [0.25, 0.3) is 5.92 Å². The monoisotopic (exact) mass is 493 g/mol. The van der Waals surface area contributed by atoms with Gasteiger partial charge in [-0.2, -0.15) is 13.2 Å². The fraction of sp³-hybridized carbons (Fsp3) is 0.417. The first-order valence-electron chi connectivity index (χ1n) is 11.3. The van der Waals surface area contributed by atoms with Crippen molar-refractivity contribution in [3.63, 3.8) is 0 Å². The summed E-state index contributed by atoms with van der Waals surface area (Å²) in [5.74, 6) is -2.34. The van der Waals surface area contributed by atoms with Crippen LogP contribution in [0.1, 0.15) is 24.1 Å². The maximum absolute atomic E-state index is 13.2. The average Bonchev–Trinajstić information content (AvgIpc) is 3.27. The highest BCUT2D eigenvalue weighted by Crippen LogP contribution is 2.37. The Hall–Kier alpha value is -3.37. The second-order valence-electron chi connectivity index (χ2n) is 9.24. The standard InChI is InChI=1S/C24H24F5N5O/c25-23(26)15-33(16-23)21(35)32-11-9-22(10-12-32,17-5-2-1-3-6-17)14-30-19-7-4-8-20-31-18(13-34(19)20)24(27,28)29/h1-8,13,30H,9-12,14-16H2. The number of piperidine rings is 1. The third-order valence-electron chi connectivity index (χ3n) is 6.88. The number of hydrogen-bond donors (Lipinski definition) is 1. The summed E-state index contributed by atoms with van der Waals surface area (Å²) in [5, 5.41) is 3.30. The van der Waals surface area contributed by atoms with Crippen LogP contribution in [0.5, 0.6) is 0 Å². The van der Waals surface area contributed by atoms with Crippen molar-refractivity contribution in [1.82, 2.24) is 19.2 Å². The van der Waals surface area contributed by atoms with Gasteiger partial charge in [0.05, 0.1) is 13.1 Å². The number of nitrogens with one attached hydrogen (secondary N) is 1. The first-order chi connectivity index (χ1) is 16.6. The van der Waals surface area contributed by atoms with Crippen LogP contribution in [0.4, 0.5) is 32.6 Å². The molecule has 1 N–H and O–H groups in total. The molecule has 4 heterocycles. The van der Waals surface area contributed by atoms with E-state index in [9.17, 15) is 26.7 Å². The van der Waals surface area contributed by atoms with Gasteiger partial charge in [0.1, 0.15) is 11.5 Å². The number of fused-ring (bicyclic) bond motifs is 1. The molecule has 2 aromatic heterocycles. The van der Waals surface area contributed by atoms with Gasteiger partial charge in [0, 0.05) is 31.2 Å². The van der Waals surface area contributed by atoms with Gasteiger partial charge in [0.2, 0.25) is 0 Å². The van der Waals surface area contributed by atoms with Crippen LogP contribution in [-0.2, 0) is 11.6 Å². The molecule has 2 saturated heterocycles. The van der Waals surface area contributed by atoms with Crippen molar-refractivity contribution in [2.75, 3.05) is 38.0 Å². The normalized spacial score (nSPS) is 19.5. The molecule has 2 fully saturated rings. The van der Waals surface area contributed by atoms with Gasteiger partial charge in [-0.05, 0) is 30.5 Å². The maximum Gasteiger partial charge on any atom is 0.434 e. The number of urea groups is 1. The van der Waals surface area contributed by atoms with E-state index >= 15 is 0 Å². The molecule has 2 aliphatic rings. The van der Waals surface area contributed by atoms with Crippen LogP contribution in [0, 0.1) is 0 Å². The minimum atomic E-state index is -4.55. The van der Waals surface area contributed by atoms with Crippen LogP contribution in [-0.4, -0.2) is 63.9 Å². The number of likely N-dealkylation sites (tertiary alicyclic amines) is 2. The molecule has 5 rings (SSSR count). The quantitative estimate of drug-likeness (QED) is 0.528. The first kappa shape index (κ1) is 23.4. The number of anilines is 1. The van der Waals surface area contributed by atoms with Crippen LogP contribution in [0.15, 0.2) is 54.7 Å². The summed E-state index contributed by atoms with van der Waals surface area (Å²) < 4.78 is 67.3. The largest absolute Gasteiger partial charge is 0.434 e. The molecule has 6 nitrogen and oxygen atoms in total. The molecule has 0 aliphatic carbocycles. The Morgan fingerprint density at radius 2 is 1.66 bits per heavy atom. The molecule has 2 amide bonds. The summed E-state index contributed by atoms with van der Waals surface area (Å²) in [5.41, 5.74) is -0.133. The Morgan fingerprint density at radius 1 is 0.971 bits per heavy atom. The Bertz CT molecular complexity index is 1210. The predicted molar refractivity (Wildman–Crippen MR) is 120 cm³/mol. The zero-order chi connectivity index (χ0) is 24.8. The summed E-state index contributed by atoms with van der Waals surface area (Å²) in [4.78, 5) is 19.1. The zero-order valence-corrected chi connectivity index (χ0v) is 18.7. The van der Waals surface area contributed by atoms with E-state index in [4.69, 9.17) is 0 Å². The second-order valence-corrected chi connectivity index (χ2v) is 9.24. The van der Waals surface area contributed by atoms with Crippen LogP contribution < -0.4 is 5.32 Å². The number of rotatable bonds is 4. The second kappa shape index (κ2) is 8.39. The Labute approximate surface area is 198 Å². The number of hydrogen-bond acceptors (Lipinski definition) is 3. The lowest BCUT2D eigenvalue weighted by atomic mass is 9.72. The Balaban J connectivity index is 1.35. The predicted octanol–water partition coefficient (Wildman–Crippen LogP) is 4.87. The summed E-state index contributed by atoms with van der Waals surface area (Å²) in [7, 11) is 0. The third-order valence-corrected chi connectivity index (χ3v) is 6.88. The molecule has 0 unspecified atom stereocenters. The van der Waals surface area contributed by atoms with Crippen LogP contribution in [0.3, 0.4) is 0 Å². The molecule has 2 aliphatic heterocycles. The van der Waals surface area contributed by atoms with Crippen LogP contribution >= 0.6 is 0 Å². The van der Waals surface area contributed by atoms with Crippen LogP contribution in [0.2, 0.25) is 0 Å². The van der Waals surface area contributed by atoms with Crippen LogP contribution in [0.25, 0.3) is 5.65 Å². The fourth-order valence-electron chi connectivity index (χ4n) is 4.88. The van der Waals surface area contributed by atoms with E-state index in [0.29, 0.717) is 38.3 Å². The van der Waals surface area contributed by atoms with Crippen molar-refractivity contribution in [3.05, 3.63) is 66.0 Å². The number of nitrogens with zero attached hydrogens (tertiary/aromatic N) is 4. The third kappa shape index (κ3) is 4.51. The van der Waals surface area contributed by atoms with E-state index in [2.05, 4.69) is 10.3 Å². The lowest BCUT2D eigenvalue weighted by molar-refractivity contribution is -0.140. The smallest absolute Gasteiger partial charge is 0.370 e. The number of carbonyl (C=O) groups excluding carboxylic acids is 1. The topological polar surface area (TPSA) is 52.9 Å². The van der Waals surface area contributed by atoms with Gasteiger partial charge in [-0.3, -0.25) is 4.40 Å². The van der Waals surface area contributed by atoms with E-state index in [1.54, 1.807) is 17.0 Å². The minimum Gasteiger partial charge on any atom is -0.370 e. The fourth-order valence-corrected chi connectivity index (χ4v) is 4.88. The first-order valence-corrected chi connectivity index (χ1v) is 11.3. The SMILES string of the molecule is O=C(N1CCC(CNc2cccc3nc(C(F)(F)F)cn23)(c2ccccc2)CC1)N1CC(F)(F)C1. The van der Waals surface area contributed by atoms with E-state index in [1.807, 2.05) is 30.3 Å². The van der Waals surface area contributed by atoms with Crippen molar-refractivity contribution < 1.29 is 26.7 Å². The summed E-state index contributed by atoms with van der Waals surface area (Å²) >= 11 is 0.